The van der Waals surface area contributed by atoms with Crippen molar-refractivity contribution in [2.24, 2.45) is 7.05 Å². The topological polar surface area (TPSA) is 86.1 Å². The van der Waals surface area contributed by atoms with Crippen LogP contribution in [0.3, 0.4) is 0 Å². The average Bonchev–Trinajstić information content (AvgIpc) is 3.12. The summed E-state index contributed by atoms with van der Waals surface area (Å²) in [5, 5.41) is 12.4. The molecule has 156 valence electrons. The molecule has 30 heavy (non-hydrogen) atoms. The van der Waals surface area contributed by atoms with Crippen LogP contribution in [0.15, 0.2) is 53.7 Å². The number of hydrogen-bond acceptors (Lipinski definition) is 6. The molecule has 2 aromatic carbocycles. The van der Waals surface area contributed by atoms with Crippen molar-refractivity contribution in [1.82, 2.24) is 20.1 Å². The Kier molecular flexibility index (Phi) is 7.12. The number of aromatic nitrogens is 3. The zero-order valence-corrected chi connectivity index (χ0v) is 18.3. The van der Waals surface area contributed by atoms with Gasteiger partial charge in [0.1, 0.15) is 5.75 Å². The molecule has 9 heteroatoms. The smallest absolute Gasteiger partial charge is 0.251 e. The molecule has 3 aromatic rings. The molecule has 0 aliphatic heterocycles. The molecular formula is C21H21ClN4O3S. The lowest BCUT2D eigenvalue weighted by molar-refractivity contribution is 0.0937. The normalized spacial score (nSPS) is 11.7. The van der Waals surface area contributed by atoms with Crippen molar-refractivity contribution in [3.05, 3.63) is 70.5 Å². The van der Waals surface area contributed by atoms with Crippen molar-refractivity contribution in [3.8, 4) is 5.75 Å². The zero-order valence-electron chi connectivity index (χ0n) is 16.8. The third-order valence-corrected chi connectivity index (χ3v) is 5.73. The van der Waals surface area contributed by atoms with Crippen molar-refractivity contribution in [2.75, 3.05) is 12.9 Å². The Morgan fingerprint density at radius 1 is 1.10 bits per heavy atom. The van der Waals surface area contributed by atoms with E-state index in [0.29, 0.717) is 32.9 Å². The minimum absolute atomic E-state index is 0.0173. The predicted molar refractivity (Wildman–Crippen MR) is 116 cm³/mol. The first-order valence-electron chi connectivity index (χ1n) is 9.15. The number of methoxy groups -OCH3 is 1. The Bertz CT molecular complexity index is 1040. The van der Waals surface area contributed by atoms with Gasteiger partial charge in [-0.25, -0.2) is 0 Å². The summed E-state index contributed by atoms with van der Waals surface area (Å²) in [5.41, 5.74) is 1.11. The van der Waals surface area contributed by atoms with Crippen molar-refractivity contribution >= 4 is 35.1 Å². The highest BCUT2D eigenvalue weighted by molar-refractivity contribution is 7.99. The van der Waals surface area contributed by atoms with Gasteiger partial charge in [0.25, 0.3) is 5.91 Å². The van der Waals surface area contributed by atoms with E-state index in [1.807, 2.05) is 6.92 Å². The number of ether oxygens (including phenoxy) is 1. The molecule has 1 aromatic heterocycles. The number of amides is 1. The molecule has 0 saturated carbocycles. The van der Waals surface area contributed by atoms with Gasteiger partial charge in [-0.3, -0.25) is 9.59 Å². The first-order valence-corrected chi connectivity index (χ1v) is 10.5. The number of halogens is 1. The molecule has 0 bridgehead atoms. The summed E-state index contributed by atoms with van der Waals surface area (Å²) in [6.07, 6.45) is 0. The van der Waals surface area contributed by atoms with Gasteiger partial charge in [-0.15, -0.1) is 10.2 Å². The fraction of sp³-hybridized carbons (Fsp3) is 0.238. The number of Topliss-reactive ketones (excluding diaryl/α,β-unsaturated/α-hetero) is 1. The molecule has 1 atom stereocenters. The molecular weight excluding hydrogens is 424 g/mol. The highest BCUT2D eigenvalue weighted by Crippen LogP contribution is 2.21. The molecule has 0 radical (unpaired) electrons. The quantitative estimate of drug-likeness (QED) is 0.418. The zero-order chi connectivity index (χ0) is 21.7. The molecule has 0 unspecified atom stereocenters. The van der Waals surface area contributed by atoms with Gasteiger partial charge in [0.2, 0.25) is 0 Å². The molecule has 3 rings (SSSR count). The molecule has 1 N–H and O–H groups in total. The number of carbonyl (C=O) groups excluding carboxylic acids is 2. The molecule has 0 saturated heterocycles. The monoisotopic (exact) mass is 444 g/mol. The summed E-state index contributed by atoms with van der Waals surface area (Å²) in [6, 6.07) is 13.3. The second-order valence-electron chi connectivity index (χ2n) is 6.54. The lowest BCUT2D eigenvalue weighted by atomic mass is 10.1. The predicted octanol–water partition coefficient (Wildman–Crippen LogP) is 3.94. The molecule has 1 heterocycles. The summed E-state index contributed by atoms with van der Waals surface area (Å²) < 4.78 is 6.88. The van der Waals surface area contributed by atoms with Crippen molar-refractivity contribution in [1.29, 1.82) is 0 Å². The van der Waals surface area contributed by atoms with E-state index in [4.69, 9.17) is 16.3 Å². The Morgan fingerprint density at radius 2 is 1.73 bits per heavy atom. The van der Waals surface area contributed by atoms with E-state index in [1.54, 1.807) is 67.3 Å². The average molecular weight is 445 g/mol. The number of ketones is 1. The fourth-order valence-electron chi connectivity index (χ4n) is 2.77. The van der Waals surface area contributed by atoms with E-state index in [0.717, 1.165) is 0 Å². The van der Waals surface area contributed by atoms with E-state index in [2.05, 4.69) is 15.5 Å². The van der Waals surface area contributed by atoms with Crippen LogP contribution in [0.1, 0.15) is 39.5 Å². The second kappa shape index (κ2) is 9.77. The molecule has 0 aliphatic rings. The minimum Gasteiger partial charge on any atom is -0.497 e. The maximum Gasteiger partial charge on any atom is 0.251 e. The van der Waals surface area contributed by atoms with Crippen LogP contribution in [-0.2, 0) is 7.05 Å². The van der Waals surface area contributed by atoms with E-state index >= 15 is 0 Å². The third kappa shape index (κ3) is 5.20. The lowest BCUT2D eigenvalue weighted by Gasteiger charge is -2.13. The fourth-order valence-corrected chi connectivity index (χ4v) is 3.70. The van der Waals surface area contributed by atoms with Crippen LogP contribution in [0.2, 0.25) is 5.02 Å². The number of nitrogens with one attached hydrogen (secondary N) is 1. The summed E-state index contributed by atoms with van der Waals surface area (Å²) >= 11 is 7.16. The Balaban J connectivity index is 1.61. The van der Waals surface area contributed by atoms with Gasteiger partial charge in [0.05, 0.1) is 18.9 Å². The summed E-state index contributed by atoms with van der Waals surface area (Å²) in [5.74, 6) is 1.27. The van der Waals surface area contributed by atoms with Gasteiger partial charge in [-0.05, 0) is 55.5 Å². The number of hydrogen-bond donors (Lipinski definition) is 1. The van der Waals surface area contributed by atoms with Gasteiger partial charge >= 0.3 is 0 Å². The van der Waals surface area contributed by atoms with Crippen LogP contribution < -0.4 is 10.1 Å². The second-order valence-corrected chi connectivity index (χ2v) is 7.92. The Hall–Kier alpha value is -2.84. The molecule has 1 amide bonds. The van der Waals surface area contributed by atoms with Crippen molar-refractivity contribution in [3.63, 3.8) is 0 Å². The molecule has 0 spiro atoms. The van der Waals surface area contributed by atoms with Crippen LogP contribution >= 0.6 is 23.4 Å². The summed E-state index contributed by atoms with van der Waals surface area (Å²) in [7, 11) is 3.39. The molecule has 0 aliphatic carbocycles. The maximum atomic E-state index is 12.4. The Morgan fingerprint density at radius 3 is 2.37 bits per heavy atom. The van der Waals surface area contributed by atoms with Crippen molar-refractivity contribution < 1.29 is 14.3 Å². The van der Waals surface area contributed by atoms with Crippen LogP contribution in [-0.4, -0.2) is 39.3 Å². The van der Waals surface area contributed by atoms with E-state index < -0.39 is 0 Å². The SMILES string of the molecule is COc1ccc(C(=O)CSc2nnc([C@H](C)NC(=O)c3ccc(Cl)cc3)n2C)cc1. The largest absolute Gasteiger partial charge is 0.497 e. The van der Waals surface area contributed by atoms with Gasteiger partial charge < -0.3 is 14.6 Å². The van der Waals surface area contributed by atoms with Crippen LogP contribution in [0.5, 0.6) is 5.75 Å². The number of rotatable bonds is 8. The highest BCUT2D eigenvalue weighted by Gasteiger charge is 2.19. The van der Waals surface area contributed by atoms with Gasteiger partial charge in [-0.1, -0.05) is 23.4 Å². The highest BCUT2D eigenvalue weighted by atomic mass is 35.5. The number of carbonyl (C=O) groups is 2. The molecule has 7 nitrogen and oxygen atoms in total. The Labute approximate surface area is 183 Å². The molecule has 0 fully saturated rings. The summed E-state index contributed by atoms with van der Waals surface area (Å²) in [4.78, 5) is 24.8. The van der Waals surface area contributed by atoms with Crippen LogP contribution in [0.25, 0.3) is 0 Å². The number of nitrogens with zero attached hydrogens (tertiary/aromatic N) is 3. The third-order valence-electron chi connectivity index (χ3n) is 4.45. The number of thioether (sulfide) groups is 1. The maximum absolute atomic E-state index is 12.4. The minimum atomic E-state index is -0.364. The standard InChI is InChI=1S/C21H21ClN4O3S/c1-13(23-20(28)15-4-8-16(22)9-5-15)19-24-25-21(26(19)2)30-12-18(27)14-6-10-17(29-3)11-7-14/h4-11,13H,12H2,1-3H3,(H,23,28)/t13-/m0/s1. The van der Waals surface area contributed by atoms with E-state index in [9.17, 15) is 9.59 Å². The lowest BCUT2D eigenvalue weighted by Crippen LogP contribution is -2.28. The van der Waals surface area contributed by atoms with Crippen LogP contribution in [0, 0.1) is 0 Å². The van der Waals surface area contributed by atoms with Crippen molar-refractivity contribution in [2.45, 2.75) is 18.1 Å². The first kappa shape index (κ1) is 21.9. The first-order chi connectivity index (χ1) is 14.4. The van der Waals surface area contributed by atoms with E-state index in [-0.39, 0.29) is 23.5 Å². The summed E-state index contributed by atoms with van der Waals surface area (Å²) in [6.45, 7) is 1.83. The van der Waals surface area contributed by atoms with Crippen LogP contribution in [0.4, 0.5) is 0 Å². The van der Waals surface area contributed by atoms with Gasteiger partial charge in [0, 0.05) is 23.2 Å². The number of benzene rings is 2. The van der Waals surface area contributed by atoms with E-state index in [1.165, 1.54) is 11.8 Å². The van der Waals surface area contributed by atoms with Gasteiger partial charge in [0.15, 0.2) is 16.8 Å². The van der Waals surface area contributed by atoms with Gasteiger partial charge in [-0.2, -0.15) is 0 Å².